The van der Waals surface area contributed by atoms with E-state index >= 15 is 0 Å². The highest BCUT2D eigenvalue weighted by Crippen LogP contribution is 2.25. The van der Waals surface area contributed by atoms with Gasteiger partial charge in [0.15, 0.2) is 11.5 Å². The third-order valence-corrected chi connectivity index (χ3v) is 3.29. The molecule has 7 nitrogen and oxygen atoms in total. The van der Waals surface area contributed by atoms with Crippen LogP contribution >= 0.6 is 0 Å². The molecule has 3 N–H and O–H groups in total. The number of ether oxygens (including phenoxy) is 1. The van der Waals surface area contributed by atoms with Crippen molar-refractivity contribution in [2.45, 2.75) is 12.5 Å². The summed E-state index contributed by atoms with van der Waals surface area (Å²) in [7, 11) is 0. The van der Waals surface area contributed by atoms with Gasteiger partial charge in [0, 0.05) is 12.5 Å². The van der Waals surface area contributed by atoms with Crippen LogP contribution in [-0.4, -0.2) is 33.4 Å². The zero-order valence-corrected chi connectivity index (χ0v) is 13.0. The van der Waals surface area contributed by atoms with Crippen LogP contribution in [0.1, 0.15) is 11.1 Å². The number of rotatable bonds is 6. The first-order valence-electron chi connectivity index (χ1n) is 7.24. The second kappa shape index (κ2) is 7.87. The average molecular weight is 343 g/mol. The van der Waals surface area contributed by atoms with Crippen LogP contribution < -0.4 is 5.11 Å². The number of carbonyl (C=O) groups is 2. The van der Waals surface area contributed by atoms with E-state index in [1.54, 1.807) is 0 Å². The maximum absolute atomic E-state index is 11.8. The van der Waals surface area contributed by atoms with Gasteiger partial charge in [-0.05, 0) is 41.5 Å². The molecule has 0 heterocycles. The first kappa shape index (κ1) is 17.9. The van der Waals surface area contributed by atoms with Gasteiger partial charge in [-0.3, -0.25) is 0 Å². The van der Waals surface area contributed by atoms with Crippen LogP contribution in [0.4, 0.5) is 0 Å². The quantitative estimate of drug-likeness (QED) is 0.401. The molecular formula is C18H15O7-. The van der Waals surface area contributed by atoms with Crippen LogP contribution in [-0.2, 0) is 20.7 Å². The van der Waals surface area contributed by atoms with Crippen LogP contribution in [0.2, 0.25) is 0 Å². The second-order valence-corrected chi connectivity index (χ2v) is 5.20. The van der Waals surface area contributed by atoms with Crippen molar-refractivity contribution in [1.29, 1.82) is 0 Å². The summed E-state index contributed by atoms with van der Waals surface area (Å²) in [5, 5.41) is 38.9. The number of carboxylic acids is 1. The molecule has 0 spiro atoms. The highest BCUT2D eigenvalue weighted by Gasteiger charge is 2.15. The maximum Gasteiger partial charge on any atom is 0.331 e. The number of hydrogen-bond acceptors (Lipinski definition) is 7. The molecule has 2 aromatic rings. The van der Waals surface area contributed by atoms with E-state index in [1.807, 2.05) is 0 Å². The Kier molecular flexibility index (Phi) is 5.62. The van der Waals surface area contributed by atoms with Gasteiger partial charge in [-0.2, -0.15) is 0 Å². The Hall–Kier alpha value is -3.48. The minimum absolute atomic E-state index is 0.0332. The van der Waals surface area contributed by atoms with Gasteiger partial charge < -0.3 is 30.0 Å². The molecule has 0 unspecified atom stereocenters. The molecule has 0 amide bonds. The Balaban J connectivity index is 2.01. The molecule has 2 rings (SSSR count). The average Bonchev–Trinajstić information content (AvgIpc) is 2.57. The number of phenols is 3. The Morgan fingerprint density at radius 2 is 1.72 bits per heavy atom. The van der Waals surface area contributed by atoms with E-state index in [1.165, 1.54) is 48.5 Å². The van der Waals surface area contributed by atoms with Gasteiger partial charge in [-0.15, -0.1) is 0 Å². The number of phenolic OH excluding ortho intramolecular Hbond substituents is 3. The number of benzene rings is 2. The maximum atomic E-state index is 11.8. The van der Waals surface area contributed by atoms with Crippen molar-refractivity contribution < 1.29 is 34.8 Å². The van der Waals surface area contributed by atoms with Gasteiger partial charge in [0.1, 0.15) is 11.9 Å². The molecule has 25 heavy (non-hydrogen) atoms. The van der Waals surface area contributed by atoms with Crippen LogP contribution in [0.3, 0.4) is 0 Å². The van der Waals surface area contributed by atoms with Crippen molar-refractivity contribution >= 4 is 18.0 Å². The van der Waals surface area contributed by atoms with Crippen molar-refractivity contribution in [3.05, 3.63) is 59.7 Å². The van der Waals surface area contributed by atoms with Crippen LogP contribution in [0.25, 0.3) is 6.08 Å². The Bertz CT molecular complexity index is 794. The lowest BCUT2D eigenvalue weighted by atomic mass is 10.1. The van der Waals surface area contributed by atoms with Gasteiger partial charge >= 0.3 is 5.97 Å². The summed E-state index contributed by atoms with van der Waals surface area (Å²) in [5.74, 6) is -3.07. The van der Waals surface area contributed by atoms with E-state index in [2.05, 4.69) is 0 Å². The fourth-order valence-corrected chi connectivity index (χ4v) is 2.01. The van der Waals surface area contributed by atoms with E-state index < -0.39 is 18.0 Å². The molecule has 0 saturated heterocycles. The largest absolute Gasteiger partial charge is 0.546 e. The molecule has 0 saturated carbocycles. The number of carboxylic acid groups (broad SMARTS) is 1. The summed E-state index contributed by atoms with van der Waals surface area (Å²) in [6.45, 7) is 0. The monoisotopic (exact) mass is 343 g/mol. The summed E-state index contributed by atoms with van der Waals surface area (Å²) >= 11 is 0. The van der Waals surface area contributed by atoms with E-state index in [0.717, 1.165) is 6.08 Å². The minimum atomic E-state index is -1.54. The Morgan fingerprint density at radius 1 is 1.04 bits per heavy atom. The molecule has 2 aromatic carbocycles. The van der Waals surface area contributed by atoms with Gasteiger partial charge in [-0.1, -0.05) is 18.2 Å². The van der Waals surface area contributed by atoms with Crippen LogP contribution in [0.15, 0.2) is 48.5 Å². The molecular weight excluding hydrogens is 328 g/mol. The molecule has 130 valence electrons. The normalized spacial score (nSPS) is 12.0. The molecule has 0 bridgehead atoms. The zero-order chi connectivity index (χ0) is 18.4. The van der Waals surface area contributed by atoms with E-state index in [0.29, 0.717) is 11.1 Å². The number of esters is 1. The Morgan fingerprint density at radius 3 is 2.32 bits per heavy atom. The van der Waals surface area contributed by atoms with Crippen molar-refractivity contribution in [2.24, 2.45) is 0 Å². The molecule has 1 atom stereocenters. The molecule has 0 fully saturated rings. The molecule has 7 heteroatoms. The summed E-state index contributed by atoms with van der Waals surface area (Å²) in [4.78, 5) is 22.9. The summed E-state index contributed by atoms with van der Waals surface area (Å²) in [5.41, 5.74) is 0.961. The van der Waals surface area contributed by atoms with Crippen molar-refractivity contribution in [3.8, 4) is 17.2 Å². The number of carbonyl (C=O) groups excluding carboxylic acids is 2. The molecule has 0 aromatic heterocycles. The minimum Gasteiger partial charge on any atom is -0.546 e. The zero-order valence-electron chi connectivity index (χ0n) is 13.0. The van der Waals surface area contributed by atoms with E-state index in [9.17, 15) is 30.0 Å². The summed E-state index contributed by atoms with van der Waals surface area (Å²) in [6.07, 6.45) is 0.699. The van der Waals surface area contributed by atoms with Gasteiger partial charge in [0.25, 0.3) is 0 Å². The SMILES string of the molecule is O=C(/C=C/c1ccc(O)c(O)c1)O[C@H](Cc1ccc(O)cc1)C(=O)[O-]. The molecule has 0 aliphatic heterocycles. The lowest BCUT2D eigenvalue weighted by molar-refractivity contribution is -0.315. The predicted octanol–water partition coefficient (Wildman–Crippen LogP) is 0.721. The van der Waals surface area contributed by atoms with Crippen molar-refractivity contribution in [3.63, 3.8) is 0 Å². The summed E-state index contributed by atoms with van der Waals surface area (Å²) in [6, 6.07) is 9.72. The van der Waals surface area contributed by atoms with Gasteiger partial charge in [0.2, 0.25) is 0 Å². The first-order chi connectivity index (χ1) is 11.8. The van der Waals surface area contributed by atoms with Gasteiger partial charge in [-0.25, -0.2) is 4.79 Å². The van der Waals surface area contributed by atoms with Crippen molar-refractivity contribution in [2.75, 3.05) is 0 Å². The highest BCUT2D eigenvalue weighted by molar-refractivity contribution is 5.89. The number of aromatic hydroxyl groups is 3. The number of aliphatic carboxylic acids is 1. The van der Waals surface area contributed by atoms with Crippen molar-refractivity contribution in [1.82, 2.24) is 0 Å². The summed E-state index contributed by atoms with van der Waals surface area (Å²) < 4.78 is 4.86. The topological polar surface area (TPSA) is 127 Å². The van der Waals surface area contributed by atoms with E-state index in [4.69, 9.17) is 4.74 Å². The third kappa shape index (κ3) is 5.28. The predicted molar refractivity (Wildman–Crippen MR) is 85.5 cm³/mol. The second-order valence-electron chi connectivity index (χ2n) is 5.20. The lowest BCUT2D eigenvalue weighted by Gasteiger charge is -2.18. The lowest BCUT2D eigenvalue weighted by Crippen LogP contribution is -2.40. The number of hydrogen-bond donors (Lipinski definition) is 3. The standard InChI is InChI=1S/C18H16O7/c19-13-5-1-12(2-6-13)10-16(18(23)24)25-17(22)8-4-11-3-7-14(20)15(21)9-11/h1-9,16,19-21H,10H2,(H,23,24)/p-1/b8-4+/t16-/m1/s1. The van der Waals surface area contributed by atoms with Gasteiger partial charge in [0.05, 0.1) is 5.97 Å². The van der Waals surface area contributed by atoms with Crippen LogP contribution in [0, 0.1) is 0 Å². The first-order valence-corrected chi connectivity index (χ1v) is 7.24. The van der Waals surface area contributed by atoms with Crippen LogP contribution in [0.5, 0.6) is 17.2 Å². The molecule has 0 aliphatic carbocycles. The highest BCUT2D eigenvalue weighted by atomic mass is 16.6. The fraction of sp³-hybridized carbons (Fsp3) is 0.111. The Labute approximate surface area is 143 Å². The molecule has 0 aliphatic rings. The smallest absolute Gasteiger partial charge is 0.331 e. The molecule has 0 radical (unpaired) electrons. The third-order valence-electron chi connectivity index (χ3n) is 3.29. The van der Waals surface area contributed by atoms with E-state index in [-0.39, 0.29) is 23.7 Å². The fourth-order valence-electron chi connectivity index (χ4n) is 2.01.